The fourth-order valence-electron chi connectivity index (χ4n) is 1.29. The topological polar surface area (TPSA) is 30.5 Å². The molecule has 0 aromatic rings. The normalized spacial score (nSPS) is 11.8. The Morgan fingerprint density at radius 1 is 1.12 bits per heavy atom. The van der Waals surface area contributed by atoms with E-state index in [4.69, 9.17) is 9.47 Å². The van der Waals surface area contributed by atoms with Crippen LogP contribution in [-0.4, -0.2) is 39.0 Å². The lowest BCUT2D eigenvalue weighted by Crippen LogP contribution is -2.15. The maximum absolute atomic E-state index is 5.41. The first kappa shape index (κ1) is 16.6. The highest BCUT2D eigenvalue weighted by atomic mass is 16.5. The van der Waals surface area contributed by atoms with E-state index in [-0.39, 0.29) is 0 Å². The monoisotopic (exact) mass is 243 g/mol. The molecule has 0 saturated carbocycles. The molecule has 0 aromatic heterocycles. The van der Waals surface area contributed by atoms with Gasteiger partial charge in [0.05, 0.1) is 12.7 Å². The minimum absolute atomic E-state index is 0.315. The Bertz CT molecular complexity index is 170. The summed E-state index contributed by atoms with van der Waals surface area (Å²) in [6.45, 7) is 10.7. The highest BCUT2D eigenvalue weighted by Gasteiger charge is 1.89. The van der Waals surface area contributed by atoms with Crippen LogP contribution >= 0.6 is 0 Å². The van der Waals surface area contributed by atoms with Crippen LogP contribution in [0, 0.1) is 0 Å². The number of hydrogen-bond acceptors (Lipinski definition) is 3. The minimum atomic E-state index is 0.315. The minimum Gasteiger partial charge on any atom is -0.381 e. The molecule has 0 bridgehead atoms. The zero-order valence-corrected chi connectivity index (χ0v) is 11.7. The van der Waals surface area contributed by atoms with Crippen LogP contribution in [0.1, 0.15) is 40.0 Å². The SMILES string of the molecule is CCCOCCCCNC/C=C/COC(C)C. The number of nitrogens with one attached hydrogen (secondary N) is 1. The van der Waals surface area contributed by atoms with Crippen LogP contribution in [0.5, 0.6) is 0 Å². The number of ether oxygens (including phenoxy) is 2. The molecule has 0 unspecified atom stereocenters. The Balaban J connectivity index is 3.02. The smallest absolute Gasteiger partial charge is 0.0651 e. The number of unbranched alkanes of at least 4 members (excludes halogenated alkanes) is 1. The van der Waals surface area contributed by atoms with Gasteiger partial charge in [0.25, 0.3) is 0 Å². The summed E-state index contributed by atoms with van der Waals surface area (Å²) < 4.78 is 10.8. The van der Waals surface area contributed by atoms with Crippen LogP contribution in [0.3, 0.4) is 0 Å². The highest BCUT2D eigenvalue weighted by molar-refractivity contribution is 4.83. The van der Waals surface area contributed by atoms with E-state index in [1.54, 1.807) is 0 Å². The summed E-state index contributed by atoms with van der Waals surface area (Å²) in [5.74, 6) is 0. The van der Waals surface area contributed by atoms with E-state index in [2.05, 4.69) is 24.4 Å². The third-order valence-corrected chi connectivity index (χ3v) is 2.20. The molecule has 0 aliphatic heterocycles. The molecule has 0 aromatic carbocycles. The molecule has 1 N–H and O–H groups in total. The zero-order valence-electron chi connectivity index (χ0n) is 11.7. The molecule has 17 heavy (non-hydrogen) atoms. The number of hydrogen-bond donors (Lipinski definition) is 1. The van der Waals surface area contributed by atoms with E-state index >= 15 is 0 Å². The summed E-state index contributed by atoms with van der Waals surface area (Å²) in [4.78, 5) is 0. The molecule has 0 atom stereocenters. The van der Waals surface area contributed by atoms with Gasteiger partial charge in [-0.2, -0.15) is 0 Å². The van der Waals surface area contributed by atoms with E-state index in [9.17, 15) is 0 Å². The van der Waals surface area contributed by atoms with Gasteiger partial charge in [-0.05, 0) is 39.7 Å². The Morgan fingerprint density at radius 2 is 1.94 bits per heavy atom. The molecule has 3 nitrogen and oxygen atoms in total. The fraction of sp³-hybridized carbons (Fsp3) is 0.857. The van der Waals surface area contributed by atoms with Crippen LogP contribution in [0.25, 0.3) is 0 Å². The first-order valence-corrected chi connectivity index (χ1v) is 6.82. The van der Waals surface area contributed by atoms with Gasteiger partial charge < -0.3 is 14.8 Å². The Morgan fingerprint density at radius 3 is 2.65 bits per heavy atom. The molecule has 0 spiro atoms. The average Bonchev–Trinajstić information content (AvgIpc) is 2.30. The van der Waals surface area contributed by atoms with Gasteiger partial charge in [0.2, 0.25) is 0 Å². The number of rotatable bonds is 12. The van der Waals surface area contributed by atoms with Crippen molar-refractivity contribution in [2.75, 3.05) is 32.9 Å². The van der Waals surface area contributed by atoms with E-state index < -0.39 is 0 Å². The van der Waals surface area contributed by atoms with Crippen molar-refractivity contribution in [3.8, 4) is 0 Å². The van der Waals surface area contributed by atoms with Crippen molar-refractivity contribution < 1.29 is 9.47 Å². The molecule has 102 valence electrons. The Kier molecular flexibility index (Phi) is 13.4. The molecule has 0 aliphatic rings. The van der Waals surface area contributed by atoms with E-state index in [1.807, 2.05) is 13.8 Å². The second-order valence-corrected chi connectivity index (χ2v) is 4.38. The highest BCUT2D eigenvalue weighted by Crippen LogP contribution is 1.90. The summed E-state index contributed by atoms with van der Waals surface area (Å²) in [7, 11) is 0. The molecule has 0 radical (unpaired) electrons. The van der Waals surface area contributed by atoms with Crippen LogP contribution in [0.15, 0.2) is 12.2 Å². The van der Waals surface area contributed by atoms with Crippen LogP contribution in [0.2, 0.25) is 0 Å². The molecule has 0 fully saturated rings. The molecule has 0 saturated heterocycles. The second-order valence-electron chi connectivity index (χ2n) is 4.38. The van der Waals surface area contributed by atoms with Gasteiger partial charge in [0.1, 0.15) is 0 Å². The quantitative estimate of drug-likeness (QED) is 0.422. The molecular weight excluding hydrogens is 214 g/mol. The predicted octanol–water partition coefficient (Wildman–Crippen LogP) is 2.76. The van der Waals surface area contributed by atoms with E-state index in [0.717, 1.165) is 39.1 Å². The summed E-state index contributed by atoms with van der Waals surface area (Å²) in [6.07, 6.45) is 7.94. The van der Waals surface area contributed by atoms with Gasteiger partial charge in [-0.15, -0.1) is 0 Å². The Hall–Kier alpha value is -0.380. The van der Waals surface area contributed by atoms with E-state index in [0.29, 0.717) is 12.7 Å². The van der Waals surface area contributed by atoms with Crippen LogP contribution < -0.4 is 5.32 Å². The zero-order chi connectivity index (χ0) is 12.8. The van der Waals surface area contributed by atoms with Gasteiger partial charge in [0, 0.05) is 19.8 Å². The van der Waals surface area contributed by atoms with E-state index in [1.165, 1.54) is 6.42 Å². The van der Waals surface area contributed by atoms with Crippen molar-refractivity contribution in [2.45, 2.75) is 46.1 Å². The third-order valence-electron chi connectivity index (χ3n) is 2.20. The molecular formula is C14H29NO2. The van der Waals surface area contributed by atoms with Gasteiger partial charge in [-0.1, -0.05) is 19.1 Å². The lowest BCUT2D eigenvalue weighted by Gasteiger charge is -2.04. The largest absolute Gasteiger partial charge is 0.381 e. The van der Waals surface area contributed by atoms with Crippen molar-refractivity contribution in [2.24, 2.45) is 0 Å². The molecule has 0 aliphatic carbocycles. The van der Waals surface area contributed by atoms with Crippen molar-refractivity contribution in [3.63, 3.8) is 0 Å². The summed E-state index contributed by atoms with van der Waals surface area (Å²) in [5, 5.41) is 3.37. The van der Waals surface area contributed by atoms with Crippen molar-refractivity contribution >= 4 is 0 Å². The molecule has 0 amide bonds. The fourth-order valence-corrected chi connectivity index (χ4v) is 1.29. The molecule has 3 heteroatoms. The average molecular weight is 243 g/mol. The van der Waals surface area contributed by atoms with Crippen molar-refractivity contribution in [3.05, 3.63) is 12.2 Å². The van der Waals surface area contributed by atoms with Crippen molar-refractivity contribution in [1.82, 2.24) is 5.32 Å². The van der Waals surface area contributed by atoms with Crippen LogP contribution in [-0.2, 0) is 9.47 Å². The first-order chi connectivity index (χ1) is 8.27. The summed E-state index contributed by atoms with van der Waals surface area (Å²) in [6, 6.07) is 0. The lowest BCUT2D eigenvalue weighted by molar-refractivity contribution is 0.102. The van der Waals surface area contributed by atoms with Gasteiger partial charge in [0.15, 0.2) is 0 Å². The predicted molar refractivity (Wildman–Crippen MR) is 73.4 cm³/mol. The third kappa shape index (κ3) is 15.6. The second kappa shape index (κ2) is 13.7. The standard InChI is InChI=1S/C14H29NO2/c1-4-11-16-12-7-5-9-15-10-6-8-13-17-14(2)3/h6,8,14-15H,4-5,7,9-13H2,1-3H3/b8-6+. The van der Waals surface area contributed by atoms with Gasteiger partial charge >= 0.3 is 0 Å². The lowest BCUT2D eigenvalue weighted by atomic mass is 10.3. The van der Waals surface area contributed by atoms with Gasteiger partial charge in [-0.3, -0.25) is 0 Å². The summed E-state index contributed by atoms with van der Waals surface area (Å²) in [5.41, 5.74) is 0. The maximum atomic E-state index is 5.41. The first-order valence-electron chi connectivity index (χ1n) is 6.82. The van der Waals surface area contributed by atoms with Gasteiger partial charge in [-0.25, -0.2) is 0 Å². The maximum Gasteiger partial charge on any atom is 0.0651 e. The Labute approximate surface area is 107 Å². The molecule has 0 heterocycles. The molecule has 0 rings (SSSR count). The summed E-state index contributed by atoms with van der Waals surface area (Å²) >= 11 is 0. The van der Waals surface area contributed by atoms with Crippen LogP contribution in [0.4, 0.5) is 0 Å². The van der Waals surface area contributed by atoms with Crippen molar-refractivity contribution in [1.29, 1.82) is 0 Å².